The summed E-state index contributed by atoms with van der Waals surface area (Å²) < 4.78 is 17.0. The topological polar surface area (TPSA) is 78.7 Å². The fourth-order valence-corrected chi connectivity index (χ4v) is 3.09. The summed E-state index contributed by atoms with van der Waals surface area (Å²) in [6, 6.07) is 7.35. The van der Waals surface area contributed by atoms with Crippen molar-refractivity contribution in [3.05, 3.63) is 41.2 Å². The average Bonchev–Trinajstić information content (AvgIpc) is 2.99. The monoisotopic (exact) mass is 362 g/mol. The number of amides is 1. The fourth-order valence-electron chi connectivity index (χ4n) is 1.60. The van der Waals surface area contributed by atoms with Gasteiger partial charge >= 0.3 is 0 Å². The van der Waals surface area contributed by atoms with Crippen LogP contribution in [0.3, 0.4) is 0 Å². The minimum Gasteiger partial charge on any atom is -0.296 e. The SMILES string of the molecule is CC(C)CSc1nsc(NC(=O)C(C#N)=Cc2ccc(F)cc2)n1. The molecule has 0 radical (unpaired) electrons. The molecule has 5 nitrogen and oxygen atoms in total. The number of aromatic nitrogens is 2. The van der Waals surface area contributed by atoms with Crippen molar-refractivity contribution in [2.75, 3.05) is 11.1 Å². The minimum atomic E-state index is -0.571. The number of hydrogen-bond acceptors (Lipinski definition) is 6. The van der Waals surface area contributed by atoms with Gasteiger partial charge in [-0.05, 0) is 29.7 Å². The van der Waals surface area contributed by atoms with Crippen molar-refractivity contribution < 1.29 is 9.18 Å². The lowest BCUT2D eigenvalue weighted by Gasteiger charge is -2.00. The molecule has 0 unspecified atom stereocenters. The number of benzene rings is 1. The van der Waals surface area contributed by atoms with Crippen LogP contribution in [-0.2, 0) is 4.79 Å². The molecule has 0 aliphatic heterocycles. The molecule has 2 aromatic rings. The molecule has 0 saturated carbocycles. The van der Waals surface area contributed by atoms with E-state index in [1.165, 1.54) is 42.1 Å². The highest BCUT2D eigenvalue weighted by Gasteiger charge is 2.13. The van der Waals surface area contributed by atoms with E-state index in [0.29, 0.717) is 21.8 Å². The van der Waals surface area contributed by atoms with Crippen LogP contribution >= 0.6 is 23.3 Å². The van der Waals surface area contributed by atoms with Crippen molar-refractivity contribution >= 4 is 40.4 Å². The molecule has 124 valence electrons. The van der Waals surface area contributed by atoms with Gasteiger partial charge in [-0.1, -0.05) is 37.7 Å². The summed E-state index contributed by atoms with van der Waals surface area (Å²) in [5.41, 5.74) is 0.474. The molecule has 0 aliphatic carbocycles. The minimum absolute atomic E-state index is 0.0896. The molecule has 24 heavy (non-hydrogen) atoms. The number of hydrogen-bond donors (Lipinski definition) is 1. The molecule has 2 rings (SSSR count). The maximum absolute atomic E-state index is 12.9. The van der Waals surface area contributed by atoms with Crippen molar-refractivity contribution in [2.24, 2.45) is 5.92 Å². The molecule has 0 fully saturated rings. The van der Waals surface area contributed by atoms with Crippen LogP contribution in [0.25, 0.3) is 6.08 Å². The van der Waals surface area contributed by atoms with Crippen LogP contribution in [0.4, 0.5) is 9.52 Å². The zero-order valence-corrected chi connectivity index (χ0v) is 14.7. The number of halogens is 1. The van der Waals surface area contributed by atoms with Gasteiger partial charge in [0, 0.05) is 17.3 Å². The largest absolute Gasteiger partial charge is 0.296 e. The number of carbonyl (C=O) groups is 1. The highest BCUT2D eigenvalue weighted by molar-refractivity contribution is 7.99. The molecule has 0 bridgehead atoms. The molecule has 0 spiro atoms. The van der Waals surface area contributed by atoms with Gasteiger partial charge in [-0.25, -0.2) is 4.39 Å². The number of anilines is 1. The first kappa shape index (κ1) is 18.1. The van der Waals surface area contributed by atoms with Gasteiger partial charge in [-0.15, -0.1) is 0 Å². The molecule has 0 atom stereocenters. The third-order valence-electron chi connectivity index (χ3n) is 2.72. The van der Waals surface area contributed by atoms with Crippen LogP contribution in [0.1, 0.15) is 19.4 Å². The van der Waals surface area contributed by atoms with Crippen molar-refractivity contribution in [3.8, 4) is 6.07 Å². The number of nitriles is 1. The molecule has 1 heterocycles. The summed E-state index contributed by atoms with van der Waals surface area (Å²) in [7, 11) is 0. The molecule has 1 aromatic carbocycles. The summed E-state index contributed by atoms with van der Waals surface area (Å²) in [6.45, 7) is 4.20. The van der Waals surface area contributed by atoms with E-state index >= 15 is 0 Å². The quantitative estimate of drug-likeness (QED) is 0.478. The Bertz CT molecular complexity index is 778. The Morgan fingerprint density at radius 3 is 2.79 bits per heavy atom. The first-order valence-corrected chi connectivity index (χ1v) is 8.89. The lowest BCUT2D eigenvalue weighted by Crippen LogP contribution is -2.13. The summed E-state index contributed by atoms with van der Waals surface area (Å²) in [4.78, 5) is 16.4. The standard InChI is InChI=1S/C16H15FN4OS2/c1-10(2)9-23-16-20-15(24-21-16)19-14(22)12(8-18)7-11-3-5-13(17)6-4-11/h3-7,10H,9H2,1-2H3,(H,19,20,21,22). The van der Waals surface area contributed by atoms with Crippen molar-refractivity contribution in [3.63, 3.8) is 0 Å². The first-order valence-electron chi connectivity index (χ1n) is 7.13. The molecule has 1 amide bonds. The van der Waals surface area contributed by atoms with Crippen molar-refractivity contribution in [1.82, 2.24) is 9.36 Å². The van der Waals surface area contributed by atoms with E-state index in [1.54, 1.807) is 0 Å². The number of carbonyl (C=O) groups excluding carboxylic acids is 1. The van der Waals surface area contributed by atoms with Crippen molar-refractivity contribution in [2.45, 2.75) is 19.0 Å². The number of nitrogens with one attached hydrogen (secondary N) is 1. The zero-order valence-electron chi connectivity index (χ0n) is 13.1. The molecular weight excluding hydrogens is 347 g/mol. The number of thioether (sulfide) groups is 1. The Hall–Kier alpha value is -2.24. The van der Waals surface area contributed by atoms with Gasteiger partial charge in [0.05, 0.1) is 0 Å². The lowest BCUT2D eigenvalue weighted by atomic mass is 10.1. The van der Waals surface area contributed by atoms with E-state index in [0.717, 1.165) is 17.3 Å². The van der Waals surface area contributed by atoms with Crippen LogP contribution in [0, 0.1) is 23.1 Å². The van der Waals surface area contributed by atoms with Crippen LogP contribution < -0.4 is 5.32 Å². The summed E-state index contributed by atoms with van der Waals surface area (Å²) >= 11 is 2.58. The molecule has 1 aromatic heterocycles. The van der Waals surface area contributed by atoms with Crippen LogP contribution in [0.2, 0.25) is 0 Å². The third-order valence-corrected chi connectivity index (χ3v) is 4.74. The van der Waals surface area contributed by atoms with Gasteiger partial charge in [-0.2, -0.15) is 14.6 Å². The average molecular weight is 362 g/mol. The maximum Gasteiger partial charge on any atom is 0.268 e. The lowest BCUT2D eigenvalue weighted by molar-refractivity contribution is -0.112. The maximum atomic E-state index is 12.9. The molecule has 0 saturated heterocycles. The summed E-state index contributed by atoms with van der Waals surface area (Å²) in [5, 5.41) is 12.7. The van der Waals surface area contributed by atoms with E-state index in [4.69, 9.17) is 5.26 Å². The highest BCUT2D eigenvalue weighted by Crippen LogP contribution is 2.22. The molecule has 8 heteroatoms. The second-order valence-electron chi connectivity index (χ2n) is 5.26. The highest BCUT2D eigenvalue weighted by atomic mass is 32.2. The van der Waals surface area contributed by atoms with Gasteiger partial charge in [0.2, 0.25) is 10.3 Å². The predicted octanol–water partition coefficient (Wildman–Crippen LogP) is 3.97. The van der Waals surface area contributed by atoms with Gasteiger partial charge in [0.25, 0.3) is 5.91 Å². The van der Waals surface area contributed by atoms with Crippen LogP contribution in [-0.4, -0.2) is 21.0 Å². The van der Waals surface area contributed by atoms with Gasteiger partial charge in [0.1, 0.15) is 17.5 Å². The first-order chi connectivity index (χ1) is 11.5. The third kappa shape index (κ3) is 5.44. The van der Waals surface area contributed by atoms with Gasteiger partial charge in [-0.3, -0.25) is 10.1 Å². The summed E-state index contributed by atoms with van der Waals surface area (Å²) in [5.74, 6) is 0.451. The van der Waals surface area contributed by atoms with E-state index in [2.05, 4.69) is 28.5 Å². The van der Waals surface area contributed by atoms with Gasteiger partial charge in [0.15, 0.2) is 0 Å². The predicted molar refractivity (Wildman–Crippen MR) is 94.1 cm³/mol. The number of rotatable bonds is 6. The summed E-state index contributed by atoms with van der Waals surface area (Å²) in [6.07, 6.45) is 1.39. The second kappa shape index (κ2) is 8.57. The Morgan fingerprint density at radius 2 is 2.17 bits per heavy atom. The van der Waals surface area contributed by atoms with Crippen LogP contribution in [0.5, 0.6) is 0 Å². The molecular formula is C16H15FN4OS2. The van der Waals surface area contributed by atoms with Crippen molar-refractivity contribution in [1.29, 1.82) is 5.26 Å². The second-order valence-corrected chi connectivity index (χ2v) is 7.00. The smallest absolute Gasteiger partial charge is 0.268 e. The van der Waals surface area contributed by atoms with E-state index in [1.807, 2.05) is 6.07 Å². The Morgan fingerprint density at radius 1 is 1.46 bits per heavy atom. The molecule has 0 aliphatic rings. The van der Waals surface area contributed by atoms with E-state index in [9.17, 15) is 9.18 Å². The Kier molecular flexibility index (Phi) is 6.46. The zero-order chi connectivity index (χ0) is 17.5. The molecule has 1 N–H and O–H groups in total. The van der Waals surface area contributed by atoms with Gasteiger partial charge < -0.3 is 0 Å². The Labute approximate surface area is 147 Å². The normalized spacial score (nSPS) is 11.4. The fraction of sp³-hybridized carbons (Fsp3) is 0.250. The van der Waals surface area contributed by atoms with E-state index < -0.39 is 5.91 Å². The van der Waals surface area contributed by atoms with Crippen LogP contribution in [0.15, 0.2) is 35.0 Å². The number of nitrogens with zero attached hydrogens (tertiary/aromatic N) is 3. The van der Waals surface area contributed by atoms with E-state index in [-0.39, 0.29) is 11.4 Å². The Balaban J connectivity index is 2.04.